The van der Waals surface area contributed by atoms with Gasteiger partial charge >= 0.3 is 5.97 Å². The lowest BCUT2D eigenvalue weighted by atomic mass is 10.1. The molecule has 0 saturated heterocycles. The van der Waals surface area contributed by atoms with E-state index in [0.29, 0.717) is 25.2 Å². The zero-order valence-electron chi connectivity index (χ0n) is 16.8. The second-order valence-electron chi connectivity index (χ2n) is 7.03. The van der Waals surface area contributed by atoms with E-state index < -0.39 is 0 Å². The molecule has 4 nitrogen and oxygen atoms in total. The third-order valence-electron chi connectivity index (χ3n) is 4.70. The van der Waals surface area contributed by atoms with Crippen molar-refractivity contribution in [3.05, 3.63) is 90.0 Å². The normalized spacial score (nSPS) is 10.5. The van der Waals surface area contributed by atoms with Crippen LogP contribution in [0.2, 0.25) is 0 Å². The number of aromatic hydroxyl groups is 1. The van der Waals surface area contributed by atoms with E-state index in [1.807, 2.05) is 49.4 Å². The summed E-state index contributed by atoms with van der Waals surface area (Å²) in [5.41, 5.74) is 2.97. The van der Waals surface area contributed by atoms with Crippen molar-refractivity contribution in [1.82, 2.24) is 0 Å². The van der Waals surface area contributed by atoms with Gasteiger partial charge in [-0.2, -0.15) is 0 Å². The Morgan fingerprint density at radius 3 is 2.00 bits per heavy atom. The van der Waals surface area contributed by atoms with E-state index in [0.717, 1.165) is 24.0 Å². The second kappa shape index (κ2) is 10.3. The highest BCUT2D eigenvalue weighted by molar-refractivity contribution is 5.77. The maximum absolute atomic E-state index is 12.3. The molecule has 0 amide bonds. The van der Waals surface area contributed by atoms with Crippen LogP contribution in [0.25, 0.3) is 0 Å². The van der Waals surface area contributed by atoms with Crippen molar-refractivity contribution in [2.45, 2.75) is 39.3 Å². The maximum Gasteiger partial charge on any atom is 0.311 e. The fourth-order valence-corrected chi connectivity index (χ4v) is 3.19. The van der Waals surface area contributed by atoms with Crippen LogP contribution in [0.4, 0.5) is 5.69 Å². The van der Waals surface area contributed by atoms with E-state index in [4.69, 9.17) is 4.74 Å². The number of ether oxygens (including phenoxy) is 1. The molecule has 0 saturated carbocycles. The van der Waals surface area contributed by atoms with Gasteiger partial charge in [0, 0.05) is 19.5 Å². The Morgan fingerprint density at radius 2 is 1.45 bits per heavy atom. The van der Waals surface area contributed by atoms with Gasteiger partial charge in [-0.05, 0) is 29.7 Å². The van der Waals surface area contributed by atoms with Crippen LogP contribution < -0.4 is 9.64 Å². The lowest BCUT2D eigenvalue weighted by Crippen LogP contribution is -2.23. The Morgan fingerprint density at radius 1 is 0.862 bits per heavy atom. The lowest BCUT2D eigenvalue weighted by Gasteiger charge is -2.27. The summed E-state index contributed by atoms with van der Waals surface area (Å²) in [6.07, 6.45) is 2.01. The molecule has 0 atom stereocenters. The molecule has 4 heteroatoms. The Labute approximate surface area is 172 Å². The predicted octanol–water partition coefficient (Wildman–Crippen LogP) is 5.69. The van der Waals surface area contributed by atoms with Gasteiger partial charge in [0.1, 0.15) is 0 Å². The summed E-state index contributed by atoms with van der Waals surface area (Å²) in [5, 5.41) is 10.4. The molecule has 29 heavy (non-hydrogen) atoms. The molecular weight excluding hydrogens is 362 g/mol. The summed E-state index contributed by atoms with van der Waals surface area (Å²) < 4.78 is 5.60. The fraction of sp³-hybridized carbons (Fsp3) is 0.240. The van der Waals surface area contributed by atoms with Gasteiger partial charge in [0.25, 0.3) is 0 Å². The largest absolute Gasteiger partial charge is 0.504 e. The Hall–Kier alpha value is -3.27. The molecule has 0 aliphatic carbocycles. The molecular formula is C25H27NO3. The molecule has 3 aromatic rings. The van der Waals surface area contributed by atoms with Gasteiger partial charge in [-0.15, -0.1) is 0 Å². The summed E-state index contributed by atoms with van der Waals surface area (Å²) in [7, 11) is 0. The van der Waals surface area contributed by atoms with Crippen molar-refractivity contribution in [3.8, 4) is 11.5 Å². The summed E-state index contributed by atoms with van der Waals surface area (Å²) in [6, 6.07) is 25.5. The molecule has 3 aromatic carbocycles. The Bertz CT molecular complexity index is 868. The first kappa shape index (κ1) is 20.5. The number of phenols is 1. The molecule has 0 aliphatic heterocycles. The van der Waals surface area contributed by atoms with Crippen molar-refractivity contribution >= 4 is 11.7 Å². The van der Waals surface area contributed by atoms with Crippen molar-refractivity contribution in [2.75, 3.05) is 4.90 Å². The number of hydrogen-bond donors (Lipinski definition) is 1. The number of esters is 1. The molecule has 0 spiro atoms. The molecule has 0 aromatic heterocycles. The monoisotopic (exact) mass is 389 g/mol. The minimum absolute atomic E-state index is 0.0292. The number of nitrogens with zero attached hydrogens (tertiary/aromatic N) is 1. The molecule has 150 valence electrons. The average molecular weight is 389 g/mol. The van der Waals surface area contributed by atoms with Crippen LogP contribution in [0.1, 0.15) is 37.3 Å². The summed E-state index contributed by atoms with van der Waals surface area (Å²) in [5.74, 6) is -0.132. The molecule has 0 aliphatic rings. The Kier molecular flexibility index (Phi) is 7.28. The van der Waals surface area contributed by atoms with Crippen molar-refractivity contribution < 1.29 is 14.6 Å². The van der Waals surface area contributed by atoms with Crippen LogP contribution in [0.5, 0.6) is 11.5 Å². The van der Waals surface area contributed by atoms with Gasteiger partial charge in [0.15, 0.2) is 11.5 Å². The van der Waals surface area contributed by atoms with Crippen LogP contribution in [0, 0.1) is 0 Å². The number of hydrogen-bond acceptors (Lipinski definition) is 4. The first-order valence-electron chi connectivity index (χ1n) is 10.0. The van der Waals surface area contributed by atoms with E-state index in [2.05, 4.69) is 29.2 Å². The zero-order valence-corrected chi connectivity index (χ0v) is 16.8. The highest BCUT2D eigenvalue weighted by Crippen LogP contribution is 2.38. The maximum atomic E-state index is 12.3. The van der Waals surface area contributed by atoms with E-state index in [1.54, 1.807) is 12.1 Å². The van der Waals surface area contributed by atoms with E-state index in [-0.39, 0.29) is 17.5 Å². The van der Waals surface area contributed by atoms with Crippen LogP contribution in [-0.2, 0) is 17.9 Å². The van der Waals surface area contributed by atoms with Crippen LogP contribution >= 0.6 is 0 Å². The van der Waals surface area contributed by atoms with E-state index in [9.17, 15) is 9.90 Å². The van der Waals surface area contributed by atoms with Crippen molar-refractivity contribution in [1.29, 1.82) is 0 Å². The molecule has 0 radical (unpaired) electrons. The zero-order chi connectivity index (χ0) is 20.5. The van der Waals surface area contributed by atoms with Crippen LogP contribution in [0.15, 0.2) is 78.9 Å². The molecule has 0 fully saturated rings. The number of para-hydroxylation sites is 1. The first-order chi connectivity index (χ1) is 14.2. The number of rotatable bonds is 9. The standard InChI is InChI=1S/C25H27NO3/c1-2-3-17-24(28)29-25-22(15-10-16-23(25)27)26(18-20-11-6-4-7-12-20)19-21-13-8-5-9-14-21/h4-16,27H,2-3,17-19H2,1H3. The SMILES string of the molecule is CCCCC(=O)Oc1c(O)cccc1N(Cc1ccccc1)Cc1ccccc1. The Balaban J connectivity index is 1.93. The number of carbonyl (C=O) groups is 1. The van der Waals surface area contributed by atoms with Gasteiger partial charge in [-0.3, -0.25) is 4.79 Å². The van der Waals surface area contributed by atoms with E-state index in [1.165, 1.54) is 0 Å². The fourth-order valence-electron chi connectivity index (χ4n) is 3.19. The minimum Gasteiger partial charge on any atom is -0.504 e. The number of unbranched alkanes of at least 4 members (excludes halogenated alkanes) is 1. The first-order valence-corrected chi connectivity index (χ1v) is 10.0. The summed E-state index contributed by atoms with van der Waals surface area (Å²) >= 11 is 0. The van der Waals surface area contributed by atoms with E-state index >= 15 is 0 Å². The molecule has 0 unspecified atom stereocenters. The average Bonchev–Trinajstić information content (AvgIpc) is 2.75. The van der Waals surface area contributed by atoms with Gasteiger partial charge < -0.3 is 14.7 Å². The minimum atomic E-state index is -0.325. The van der Waals surface area contributed by atoms with Gasteiger partial charge in [0.2, 0.25) is 0 Å². The highest BCUT2D eigenvalue weighted by atomic mass is 16.5. The van der Waals surface area contributed by atoms with Crippen LogP contribution in [-0.4, -0.2) is 11.1 Å². The van der Waals surface area contributed by atoms with Gasteiger partial charge in [-0.25, -0.2) is 0 Å². The van der Waals surface area contributed by atoms with Gasteiger partial charge in [0.05, 0.1) is 5.69 Å². The number of benzene rings is 3. The summed E-state index contributed by atoms with van der Waals surface area (Å²) in [6.45, 7) is 3.28. The molecule has 0 heterocycles. The number of anilines is 1. The molecule has 3 rings (SSSR count). The smallest absolute Gasteiger partial charge is 0.311 e. The van der Waals surface area contributed by atoms with Gasteiger partial charge in [-0.1, -0.05) is 80.1 Å². The van der Waals surface area contributed by atoms with Crippen molar-refractivity contribution in [2.24, 2.45) is 0 Å². The topological polar surface area (TPSA) is 49.8 Å². The number of carbonyl (C=O) groups excluding carboxylic acids is 1. The predicted molar refractivity (Wildman–Crippen MR) is 116 cm³/mol. The lowest BCUT2D eigenvalue weighted by molar-refractivity contribution is -0.134. The van der Waals surface area contributed by atoms with Crippen LogP contribution in [0.3, 0.4) is 0 Å². The molecule has 0 bridgehead atoms. The third kappa shape index (κ3) is 5.85. The van der Waals surface area contributed by atoms with Crippen molar-refractivity contribution in [3.63, 3.8) is 0 Å². The second-order valence-corrected chi connectivity index (χ2v) is 7.03. The highest BCUT2D eigenvalue weighted by Gasteiger charge is 2.19. The third-order valence-corrected chi connectivity index (χ3v) is 4.70. The molecule has 1 N–H and O–H groups in total. The quantitative estimate of drug-likeness (QED) is 0.377. The number of phenolic OH excluding ortho intramolecular Hbond substituents is 1. The summed E-state index contributed by atoms with van der Waals surface area (Å²) in [4.78, 5) is 14.4.